The summed E-state index contributed by atoms with van der Waals surface area (Å²) >= 11 is 11.4. The average Bonchev–Trinajstić information content (AvgIpc) is 2.53. The topological polar surface area (TPSA) is 33.3 Å². The summed E-state index contributed by atoms with van der Waals surface area (Å²) in [6.45, 7) is 0.793. The lowest BCUT2D eigenvalue weighted by Gasteiger charge is -2.11. The first-order chi connectivity index (χ1) is 10.7. The third-order valence-electron chi connectivity index (χ3n) is 3.19. The Kier molecular flexibility index (Phi) is 6.49. The molecule has 0 amide bonds. The van der Waals surface area contributed by atoms with Gasteiger partial charge in [0.15, 0.2) is 5.11 Å². The number of benzene rings is 2. The van der Waals surface area contributed by atoms with Crippen molar-refractivity contribution in [2.24, 2.45) is 0 Å². The predicted octanol–water partition coefficient (Wildman–Crippen LogP) is 4.27. The number of ether oxygens (including phenoxy) is 1. The van der Waals surface area contributed by atoms with E-state index < -0.39 is 0 Å². The van der Waals surface area contributed by atoms with Gasteiger partial charge in [-0.2, -0.15) is 0 Å². The van der Waals surface area contributed by atoms with E-state index in [9.17, 15) is 0 Å². The van der Waals surface area contributed by atoms with Gasteiger partial charge in [0.25, 0.3) is 0 Å². The minimum Gasteiger partial charge on any atom is -0.497 e. The molecular formula is C17H19ClN2OS. The molecule has 0 saturated heterocycles. The number of nitrogens with one attached hydrogen (secondary N) is 2. The molecule has 0 atom stereocenters. The maximum atomic E-state index is 6.13. The molecule has 0 spiro atoms. The predicted molar refractivity (Wildman–Crippen MR) is 97.0 cm³/mol. The molecule has 2 aromatic rings. The van der Waals surface area contributed by atoms with Gasteiger partial charge in [0.05, 0.1) is 7.11 Å². The smallest absolute Gasteiger partial charge is 0.170 e. The fourth-order valence-corrected chi connectivity index (χ4v) is 2.51. The number of anilines is 1. The largest absolute Gasteiger partial charge is 0.497 e. The van der Waals surface area contributed by atoms with Crippen LogP contribution in [0.3, 0.4) is 0 Å². The molecule has 116 valence electrons. The molecule has 2 rings (SSSR count). The fourth-order valence-electron chi connectivity index (χ4n) is 2.06. The van der Waals surface area contributed by atoms with E-state index in [0.29, 0.717) is 5.11 Å². The van der Waals surface area contributed by atoms with Crippen LogP contribution in [0.4, 0.5) is 5.69 Å². The molecule has 0 aliphatic carbocycles. The third-order valence-corrected chi connectivity index (χ3v) is 3.81. The SMILES string of the molecule is COc1cccc(NC(=S)NCCCc2ccccc2Cl)c1. The van der Waals surface area contributed by atoms with Gasteiger partial charge in [-0.15, -0.1) is 0 Å². The van der Waals surface area contributed by atoms with Crippen molar-refractivity contribution in [1.29, 1.82) is 0 Å². The lowest BCUT2D eigenvalue weighted by atomic mass is 10.1. The lowest BCUT2D eigenvalue weighted by Crippen LogP contribution is -2.29. The van der Waals surface area contributed by atoms with Crippen LogP contribution >= 0.6 is 23.8 Å². The lowest BCUT2D eigenvalue weighted by molar-refractivity contribution is 0.415. The van der Waals surface area contributed by atoms with Gasteiger partial charge in [0.1, 0.15) is 5.75 Å². The average molecular weight is 335 g/mol. The molecule has 0 bridgehead atoms. The minimum atomic E-state index is 0.604. The van der Waals surface area contributed by atoms with Crippen molar-refractivity contribution in [2.75, 3.05) is 19.0 Å². The van der Waals surface area contributed by atoms with Crippen LogP contribution in [0.25, 0.3) is 0 Å². The number of hydrogen-bond acceptors (Lipinski definition) is 2. The first kappa shape index (κ1) is 16.6. The summed E-state index contributed by atoms with van der Waals surface area (Å²) in [4.78, 5) is 0. The summed E-state index contributed by atoms with van der Waals surface area (Å²) < 4.78 is 5.18. The van der Waals surface area contributed by atoms with E-state index >= 15 is 0 Å². The van der Waals surface area contributed by atoms with E-state index in [1.165, 1.54) is 0 Å². The minimum absolute atomic E-state index is 0.604. The molecule has 0 aromatic heterocycles. The second kappa shape index (κ2) is 8.61. The maximum absolute atomic E-state index is 6.13. The Balaban J connectivity index is 1.73. The molecule has 0 aliphatic rings. The van der Waals surface area contributed by atoms with Crippen molar-refractivity contribution >= 4 is 34.6 Å². The molecular weight excluding hydrogens is 316 g/mol. The number of thiocarbonyl (C=S) groups is 1. The van der Waals surface area contributed by atoms with Crippen LogP contribution in [0.2, 0.25) is 5.02 Å². The highest BCUT2D eigenvalue weighted by Crippen LogP contribution is 2.17. The highest BCUT2D eigenvalue weighted by molar-refractivity contribution is 7.80. The van der Waals surface area contributed by atoms with Gasteiger partial charge in [-0.1, -0.05) is 35.9 Å². The Bertz CT molecular complexity index is 634. The number of halogens is 1. The summed E-state index contributed by atoms with van der Waals surface area (Å²) in [5, 5.41) is 7.76. The first-order valence-electron chi connectivity index (χ1n) is 7.11. The van der Waals surface area contributed by atoms with Crippen molar-refractivity contribution in [2.45, 2.75) is 12.8 Å². The summed E-state index contributed by atoms with van der Waals surface area (Å²) in [7, 11) is 1.64. The van der Waals surface area contributed by atoms with Crippen molar-refractivity contribution in [3.63, 3.8) is 0 Å². The quantitative estimate of drug-likeness (QED) is 0.610. The second-order valence-electron chi connectivity index (χ2n) is 4.81. The summed E-state index contributed by atoms with van der Waals surface area (Å²) in [6.07, 6.45) is 1.89. The monoisotopic (exact) mass is 334 g/mol. The zero-order valence-electron chi connectivity index (χ0n) is 12.4. The van der Waals surface area contributed by atoms with Crippen molar-refractivity contribution in [1.82, 2.24) is 5.32 Å². The molecule has 0 aliphatic heterocycles. The summed E-state index contributed by atoms with van der Waals surface area (Å²) in [5.41, 5.74) is 2.07. The highest BCUT2D eigenvalue weighted by Gasteiger charge is 2.01. The van der Waals surface area contributed by atoms with Crippen LogP contribution in [0.1, 0.15) is 12.0 Å². The second-order valence-corrected chi connectivity index (χ2v) is 5.62. The van der Waals surface area contributed by atoms with Crippen LogP contribution in [-0.4, -0.2) is 18.8 Å². The van der Waals surface area contributed by atoms with Crippen molar-refractivity contribution in [3.8, 4) is 5.75 Å². The normalized spacial score (nSPS) is 10.1. The molecule has 0 fully saturated rings. The molecule has 22 heavy (non-hydrogen) atoms. The van der Waals surface area contributed by atoms with Crippen molar-refractivity contribution < 1.29 is 4.74 Å². The van der Waals surface area contributed by atoms with Gasteiger partial charge >= 0.3 is 0 Å². The number of rotatable bonds is 6. The van der Waals surface area contributed by atoms with Gasteiger partial charge in [-0.05, 0) is 48.8 Å². The summed E-state index contributed by atoms with van der Waals surface area (Å²) in [6, 6.07) is 15.6. The van der Waals surface area contributed by atoms with E-state index in [1.54, 1.807) is 7.11 Å². The zero-order valence-corrected chi connectivity index (χ0v) is 14.0. The molecule has 3 nitrogen and oxygen atoms in total. The van der Waals surface area contributed by atoms with Crippen LogP contribution in [0.15, 0.2) is 48.5 Å². The first-order valence-corrected chi connectivity index (χ1v) is 7.90. The van der Waals surface area contributed by atoms with Gasteiger partial charge in [-0.3, -0.25) is 0 Å². The number of hydrogen-bond donors (Lipinski definition) is 2. The standard InChI is InChI=1S/C17H19ClN2OS/c1-21-15-9-4-8-14(12-15)20-17(22)19-11-5-7-13-6-2-3-10-16(13)18/h2-4,6,8-10,12H,5,7,11H2,1H3,(H2,19,20,22). The Labute approximate surface area is 141 Å². The van der Waals surface area contributed by atoms with Crippen LogP contribution < -0.4 is 15.4 Å². The van der Waals surface area contributed by atoms with E-state index in [2.05, 4.69) is 16.7 Å². The van der Waals surface area contributed by atoms with Gasteiger partial charge in [0, 0.05) is 23.3 Å². The van der Waals surface area contributed by atoms with Crippen LogP contribution in [0.5, 0.6) is 5.75 Å². The molecule has 0 saturated carbocycles. The third kappa shape index (κ3) is 5.20. The maximum Gasteiger partial charge on any atom is 0.170 e. The van der Waals surface area contributed by atoms with Crippen molar-refractivity contribution in [3.05, 3.63) is 59.1 Å². The van der Waals surface area contributed by atoms with Gasteiger partial charge in [-0.25, -0.2) is 0 Å². The highest BCUT2D eigenvalue weighted by atomic mass is 35.5. The molecule has 0 heterocycles. The molecule has 2 N–H and O–H groups in total. The molecule has 2 aromatic carbocycles. The fraction of sp³-hybridized carbons (Fsp3) is 0.235. The van der Waals surface area contributed by atoms with E-state index in [0.717, 1.165) is 41.4 Å². The Morgan fingerprint density at radius 3 is 2.77 bits per heavy atom. The van der Waals surface area contributed by atoms with E-state index in [1.807, 2.05) is 42.5 Å². The Morgan fingerprint density at radius 1 is 1.18 bits per heavy atom. The van der Waals surface area contributed by atoms with Gasteiger partial charge < -0.3 is 15.4 Å². The van der Waals surface area contributed by atoms with Crippen LogP contribution in [0, 0.1) is 0 Å². The zero-order chi connectivity index (χ0) is 15.8. The van der Waals surface area contributed by atoms with Gasteiger partial charge in [0.2, 0.25) is 0 Å². The van der Waals surface area contributed by atoms with E-state index in [-0.39, 0.29) is 0 Å². The molecule has 5 heteroatoms. The van der Waals surface area contributed by atoms with Crippen LogP contribution in [-0.2, 0) is 6.42 Å². The molecule has 0 radical (unpaired) electrons. The number of aryl methyl sites for hydroxylation is 1. The summed E-state index contributed by atoms with van der Waals surface area (Å²) in [5.74, 6) is 0.798. The Morgan fingerprint density at radius 2 is 2.00 bits per heavy atom. The number of methoxy groups -OCH3 is 1. The molecule has 0 unspecified atom stereocenters. The Hall–Kier alpha value is -1.78. The van der Waals surface area contributed by atoms with E-state index in [4.69, 9.17) is 28.6 Å².